The molecule has 110 valence electrons. The van der Waals surface area contributed by atoms with Crippen LogP contribution in [-0.4, -0.2) is 28.6 Å². The fraction of sp³-hybridized carbons (Fsp3) is 0.562. The van der Waals surface area contributed by atoms with Crippen molar-refractivity contribution in [3.63, 3.8) is 0 Å². The Bertz CT molecular complexity index is 474. The Labute approximate surface area is 119 Å². The average Bonchev–Trinajstić information content (AvgIpc) is 2.40. The van der Waals surface area contributed by atoms with Crippen molar-refractivity contribution < 1.29 is 14.3 Å². The molecule has 0 bridgehead atoms. The molecule has 1 unspecified atom stereocenters. The molecule has 3 nitrogen and oxygen atoms in total. The molecule has 1 aliphatic rings. The second kappa shape index (κ2) is 6.84. The Morgan fingerprint density at radius 2 is 2.20 bits per heavy atom. The van der Waals surface area contributed by atoms with Gasteiger partial charge in [-0.3, -0.25) is 4.90 Å². The first-order valence-electron chi connectivity index (χ1n) is 7.37. The summed E-state index contributed by atoms with van der Waals surface area (Å²) in [5.41, 5.74) is 0.787. The summed E-state index contributed by atoms with van der Waals surface area (Å²) in [6.45, 7) is 3.84. The second-order valence-electron chi connectivity index (χ2n) is 5.56. The molecule has 20 heavy (non-hydrogen) atoms. The molecule has 1 N–H and O–H groups in total. The summed E-state index contributed by atoms with van der Waals surface area (Å²) < 4.78 is 13.5. The van der Waals surface area contributed by atoms with Crippen LogP contribution in [0.2, 0.25) is 0 Å². The third kappa shape index (κ3) is 3.79. The number of likely N-dealkylation sites (tertiary alicyclic amines) is 1. The molecular weight excluding hydrogens is 257 g/mol. The molecule has 1 aromatic carbocycles. The van der Waals surface area contributed by atoms with E-state index in [0.29, 0.717) is 12.6 Å². The van der Waals surface area contributed by atoms with E-state index >= 15 is 0 Å². The summed E-state index contributed by atoms with van der Waals surface area (Å²) in [4.78, 5) is 13.4. The fourth-order valence-corrected chi connectivity index (χ4v) is 3.03. The standard InChI is InChI=1S/C16H22FNO2/c1-2-5-15-6-3-4-7-18(15)11-12-8-13(16(19)20)10-14(17)9-12/h8-10,15H,2-7,11H2,1H3,(H,19,20). The first-order chi connectivity index (χ1) is 9.60. The summed E-state index contributed by atoms with van der Waals surface area (Å²) in [6.07, 6.45) is 5.91. The van der Waals surface area contributed by atoms with Gasteiger partial charge in [-0.05, 0) is 49.6 Å². The van der Waals surface area contributed by atoms with Crippen LogP contribution >= 0.6 is 0 Å². The number of hydrogen-bond acceptors (Lipinski definition) is 2. The quantitative estimate of drug-likeness (QED) is 0.894. The number of hydrogen-bond donors (Lipinski definition) is 1. The van der Waals surface area contributed by atoms with Gasteiger partial charge >= 0.3 is 5.97 Å². The third-order valence-corrected chi connectivity index (χ3v) is 3.96. The van der Waals surface area contributed by atoms with E-state index in [1.165, 1.54) is 25.3 Å². The predicted octanol–water partition coefficient (Wildman–Crippen LogP) is 3.68. The first-order valence-corrected chi connectivity index (χ1v) is 7.37. The lowest BCUT2D eigenvalue weighted by Gasteiger charge is -2.35. The van der Waals surface area contributed by atoms with Gasteiger partial charge in [0.15, 0.2) is 0 Å². The van der Waals surface area contributed by atoms with E-state index in [1.807, 2.05) is 0 Å². The van der Waals surface area contributed by atoms with Crippen LogP contribution in [0, 0.1) is 5.82 Å². The number of nitrogens with zero attached hydrogens (tertiary/aromatic N) is 1. The maximum absolute atomic E-state index is 13.5. The van der Waals surface area contributed by atoms with Crippen LogP contribution in [0.3, 0.4) is 0 Å². The normalized spacial score (nSPS) is 20.0. The third-order valence-electron chi connectivity index (χ3n) is 3.96. The van der Waals surface area contributed by atoms with Crippen LogP contribution in [-0.2, 0) is 6.54 Å². The minimum atomic E-state index is -1.07. The van der Waals surface area contributed by atoms with Crippen molar-refractivity contribution in [3.8, 4) is 0 Å². The monoisotopic (exact) mass is 279 g/mol. The van der Waals surface area contributed by atoms with Gasteiger partial charge in [-0.2, -0.15) is 0 Å². The molecule has 0 radical (unpaired) electrons. The first kappa shape index (κ1) is 15.0. The molecule has 0 amide bonds. The lowest BCUT2D eigenvalue weighted by atomic mass is 9.97. The zero-order valence-electron chi connectivity index (χ0n) is 11.9. The smallest absolute Gasteiger partial charge is 0.335 e. The highest BCUT2D eigenvalue weighted by Crippen LogP contribution is 2.23. The lowest BCUT2D eigenvalue weighted by Crippen LogP contribution is -2.38. The summed E-state index contributed by atoms with van der Waals surface area (Å²) in [6, 6.07) is 4.66. The van der Waals surface area contributed by atoms with Gasteiger partial charge in [0.05, 0.1) is 5.56 Å². The highest BCUT2D eigenvalue weighted by atomic mass is 19.1. The fourth-order valence-electron chi connectivity index (χ4n) is 3.03. The topological polar surface area (TPSA) is 40.5 Å². The van der Waals surface area contributed by atoms with E-state index in [4.69, 9.17) is 5.11 Å². The van der Waals surface area contributed by atoms with E-state index in [-0.39, 0.29) is 5.56 Å². The Hall–Kier alpha value is -1.42. The number of carboxylic acids is 1. The van der Waals surface area contributed by atoms with Crippen molar-refractivity contribution >= 4 is 5.97 Å². The van der Waals surface area contributed by atoms with Crippen LogP contribution in [0.15, 0.2) is 18.2 Å². The SMILES string of the molecule is CCCC1CCCCN1Cc1cc(F)cc(C(=O)O)c1. The number of piperidine rings is 1. The van der Waals surface area contributed by atoms with Crippen molar-refractivity contribution in [2.45, 2.75) is 51.6 Å². The number of carbonyl (C=O) groups is 1. The van der Waals surface area contributed by atoms with Gasteiger partial charge in [0.25, 0.3) is 0 Å². The maximum atomic E-state index is 13.5. The van der Waals surface area contributed by atoms with Crippen molar-refractivity contribution in [2.24, 2.45) is 0 Å². The molecule has 2 rings (SSSR count). The van der Waals surface area contributed by atoms with E-state index in [2.05, 4.69) is 11.8 Å². The van der Waals surface area contributed by atoms with Crippen LogP contribution < -0.4 is 0 Å². The number of carboxylic acid groups (broad SMARTS) is 1. The Morgan fingerprint density at radius 3 is 2.90 bits per heavy atom. The number of benzene rings is 1. The Morgan fingerprint density at radius 1 is 1.40 bits per heavy atom. The molecule has 1 saturated heterocycles. The van der Waals surface area contributed by atoms with Gasteiger partial charge in [-0.25, -0.2) is 9.18 Å². The molecule has 1 heterocycles. The molecule has 0 spiro atoms. The van der Waals surface area contributed by atoms with E-state index in [1.54, 1.807) is 6.07 Å². The molecular formula is C16H22FNO2. The van der Waals surface area contributed by atoms with Gasteiger partial charge in [0.2, 0.25) is 0 Å². The van der Waals surface area contributed by atoms with Crippen LogP contribution in [0.5, 0.6) is 0 Å². The summed E-state index contributed by atoms with van der Waals surface area (Å²) in [5.74, 6) is -1.54. The van der Waals surface area contributed by atoms with E-state index in [0.717, 1.165) is 31.0 Å². The van der Waals surface area contributed by atoms with Crippen molar-refractivity contribution in [1.29, 1.82) is 0 Å². The summed E-state index contributed by atoms with van der Waals surface area (Å²) in [7, 11) is 0. The van der Waals surface area contributed by atoms with Gasteiger partial charge in [-0.1, -0.05) is 19.8 Å². The number of halogens is 1. The summed E-state index contributed by atoms with van der Waals surface area (Å²) >= 11 is 0. The molecule has 1 fully saturated rings. The van der Waals surface area contributed by atoms with Gasteiger partial charge < -0.3 is 5.11 Å². The van der Waals surface area contributed by atoms with Crippen molar-refractivity contribution in [1.82, 2.24) is 4.90 Å². The minimum absolute atomic E-state index is 0.0315. The molecule has 4 heteroatoms. The van der Waals surface area contributed by atoms with Crippen LogP contribution in [0.25, 0.3) is 0 Å². The minimum Gasteiger partial charge on any atom is -0.478 e. The number of rotatable bonds is 5. The zero-order valence-corrected chi connectivity index (χ0v) is 11.9. The Balaban J connectivity index is 2.13. The van der Waals surface area contributed by atoms with Gasteiger partial charge in [-0.15, -0.1) is 0 Å². The average molecular weight is 279 g/mol. The van der Waals surface area contributed by atoms with Crippen molar-refractivity contribution in [2.75, 3.05) is 6.54 Å². The Kier molecular flexibility index (Phi) is 5.12. The maximum Gasteiger partial charge on any atom is 0.335 e. The van der Waals surface area contributed by atoms with Gasteiger partial charge in [0, 0.05) is 12.6 Å². The highest BCUT2D eigenvalue weighted by Gasteiger charge is 2.22. The van der Waals surface area contributed by atoms with E-state index < -0.39 is 11.8 Å². The van der Waals surface area contributed by atoms with Crippen LogP contribution in [0.1, 0.15) is 54.9 Å². The second-order valence-corrected chi connectivity index (χ2v) is 5.56. The molecule has 0 aliphatic carbocycles. The number of aromatic carboxylic acids is 1. The summed E-state index contributed by atoms with van der Waals surface area (Å²) in [5, 5.41) is 9.00. The molecule has 1 aliphatic heterocycles. The van der Waals surface area contributed by atoms with Gasteiger partial charge in [0.1, 0.15) is 5.82 Å². The lowest BCUT2D eigenvalue weighted by molar-refractivity contribution is 0.0696. The van der Waals surface area contributed by atoms with Crippen LogP contribution in [0.4, 0.5) is 4.39 Å². The molecule has 1 atom stereocenters. The molecule has 0 saturated carbocycles. The zero-order chi connectivity index (χ0) is 14.5. The molecule has 1 aromatic rings. The van der Waals surface area contributed by atoms with Crippen molar-refractivity contribution in [3.05, 3.63) is 35.1 Å². The van der Waals surface area contributed by atoms with E-state index in [9.17, 15) is 9.18 Å². The largest absolute Gasteiger partial charge is 0.478 e. The highest BCUT2D eigenvalue weighted by molar-refractivity contribution is 5.87. The molecule has 0 aromatic heterocycles. The predicted molar refractivity (Wildman–Crippen MR) is 76.3 cm³/mol.